The second-order valence-corrected chi connectivity index (χ2v) is 7.49. The molecule has 1 amide bonds. The van der Waals surface area contributed by atoms with Crippen LogP contribution in [0.5, 0.6) is 0 Å². The normalized spacial score (nSPS) is 11.4. The molecule has 1 heterocycles. The number of carbonyl (C=O) groups is 1. The number of anilines is 1. The number of benzene rings is 2. The number of hydrogen-bond acceptors (Lipinski definition) is 4. The van der Waals surface area contributed by atoms with Gasteiger partial charge in [-0.15, -0.1) is 0 Å². The molecule has 0 spiro atoms. The van der Waals surface area contributed by atoms with Crippen molar-refractivity contribution in [3.63, 3.8) is 0 Å². The van der Waals surface area contributed by atoms with E-state index in [4.69, 9.17) is 4.52 Å². The molecule has 0 unspecified atom stereocenters. The molecular formula is C24H26F3N3O2. The third-order valence-corrected chi connectivity index (χ3v) is 5.27. The number of carbonyl (C=O) groups excluding carboxylic acids is 1. The summed E-state index contributed by atoms with van der Waals surface area (Å²) >= 11 is 0. The van der Waals surface area contributed by atoms with Gasteiger partial charge >= 0.3 is 6.18 Å². The average Bonchev–Trinajstić information content (AvgIpc) is 3.23. The van der Waals surface area contributed by atoms with Crippen LogP contribution in [0.3, 0.4) is 0 Å². The fourth-order valence-corrected chi connectivity index (χ4v) is 3.56. The Morgan fingerprint density at radius 3 is 2.53 bits per heavy atom. The molecule has 32 heavy (non-hydrogen) atoms. The molecule has 0 atom stereocenters. The van der Waals surface area contributed by atoms with E-state index in [0.717, 1.165) is 24.2 Å². The lowest BCUT2D eigenvalue weighted by Gasteiger charge is -2.13. The summed E-state index contributed by atoms with van der Waals surface area (Å²) in [6.45, 7) is 5.27. The van der Waals surface area contributed by atoms with Gasteiger partial charge in [0.15, 0.2) is 5.76 Å². The highest BCUT2D eigenvalue weighted by molar-refractivity contribution is 5.76. The third kappa shape index (κ3) is 5.90. The number of aryl methyl sites for hydroxylation is 2. The van der Waals surface area contributed by atoms with Gasteiger partial charge in [-0.05, 0) is 49.1 Å². The van der Waals surface area contributed by atoms with E-state index in [0.29, 0.717) is 36.4 Å². The van der Waals surface area contributed by atoms with Gasteiger partial charge in [-0.25, -0.2) is 0 Å². The van der Waals surface area contributed by atoms with E-state index in [1.165, 1.54) is 29.5 Å². The molecule has 5 nitrogen and oxygen atoms in total. The molecule has 0 radical (unpaired) electrons. The molecule has 0 aliphatic heterocycles. The van der Waals surface area contributed by atoms with Gasteiger partial charge in [0, 0.05) is 36.3 Å². The quantitative estimate of drug-likeness (QED) is 0.433. The highest BCUT2D eigenvalue weighted by Crippen LogP contribution is 2.32. The molecule has 2 aromatic carbocycles. The summed E-state index contributed by atoms with van der Waals surface area (Å²) in [6.07, 6.45) is -1.38. The highest BCUT2D eigenvalue weighted by Gasteiger charge is 2.30. The number of hydrogen-bond donors (Lipinski definition) is 2. The topological polar surface area (TPSA) is 67.2 Å². The lowest BCUT2D eigenvalue weighted by molar-refractivity contribution is -0.137. The van der Waals surface area contributed by atoms with Gasteiger partial charge in [0.05, 0.1) is 11.8 Å². The molecule has 2 N–H and O–H groups in total. The summed E-state index contributed by atoms with van der Waals surface area (Å²) < 4.78 is 43.5. The maximum absolute atomic E-state index is 12.7. The van der Waals surface area contributed by atoms with Gasteiger partial charge in [0.25, 0.3) is 0 Å². The van der Waals surface area contributed by atoms with Crippen LogP contribution in [0.4, 0.5) is 18.9 Å². The summed E-state index contributed by atoms with van der Waals surface area (Å²) in [4.78, 5) is 12.2. The van der Waals surface area contributed by atoms with Gasteiger partial charge in [-0.2, -0.15) is 13.2 Å². The number of nitrogens with zero attached hydrogens (tertiary/aromatic N) is 1. The molecule has 3 rings (SSSR count). The fraction of sp³-hybridized carbons (Fsp3) is 0.333. The Balaban J connectivity index is 1.48. The van der Waals surface area contributed by atoms with Crippen molar-refractivity contribution in [1.82, 2.24) is 10.5 Å². The molecule has 170 valence electrons. The van der Waals surface area contributed by atoms with Gasteiger partial charge in [-0.3, -0.25) is 4.79 Å². The Morgan fingerprint density at radius 2 is 1.84 bits per heavy atom. The van der Waals surface area contributed by atoms with Crippen LogP contribution in [0.25, 0.3) is 11.3 Å². The van der Waals surface area contributed by atoms with E-state index in [2.05, 4.69) is 35.7 Å². The maximum atomic E-state index is 12.7. The number of nitrogens with one attached hydrogen (secondary N) is 2. The minimum atomic E-state index is -4.40. The molecule has 0 bridgehead atoms. The summed E-state index contributed by atoms with van der Waals surface area (Å²) in [5.41, 5.74) is 4.01. The number of rotatable bonds is 9. The van der Waals surface area contributed by atoms with Gasteiger partial charge in [-0.1, -0.05) is 36.3 Å². The molecule has 0 saturated heterocycles. The maximum Gasteiger partial charge on any atom is 0.416 e. The van der Waals surface area contributed by atoms with Crippen molar-refractivity contribution in [3.05, 3.63) is 70.9 Å². The fourth-order valence-electron chi connectivity index (χ4n) is 3.56. The lowest BCUT2D eigenvalue weighted by Crippen LogP contribution is -2.29. The first-order chi connectivity index (χ1) is 15.3. The standard InChI is InChI=1S/C24H26F3N3O2/c1-3-20-16(2)5-4-6-21(20)28-13-14-29-22(31)12-9-18-15-30-32-23(18)17-7-10-19(11-8-17)24(25,26)27/h4-8,10-11,15,28H,3,9,12-14H2,1-2H3,(H,29,31). The molecule has 0 saturated carbocycles. The van der Waals surface area contributed by atoms with Crippen LogP contribution in [0.15, 0.2) is 53.2 Å². The Morgan fingerprint density at radius 1 is 1.09 bits per heavy atom. The van der Waals surface area contributed by atoms with Crippen LogP contribution >= 0.6 is 0 Å². The molecule has 0 aliphatic carbocycles. The Labute approximate surface area is 185 Å². The molecule has 3 aromatic rings. The number of amides is 1. The van der Waals surface area contributed by atoms with E-state index < -0.39 is 11.7 Å². The predicted octanol–water partition coefficient (Wildman–Crippen LogP) is 5.39. The Hall–Kier alpha value is -3.29. The van der Waals surface area contributed by atoms with Crippen molar-refractivity contribution in [3.8, 4) is 11.3 Å². The van der Waals surface area contributed by atoms with Crippen molar-refractivity contribution in [2.24, 2.45) is 0 Å². The van der Waals surface area contributed by atoms with Crippen LogP contribution in [0.1, 0.15) is 35.6 Å². The first-order valence-electron chi connectivity index (χ1n) is 10.5. The Kier molecular flexibility index (Phi) is 7.56. The van der Waals surface area contributed by atoms with Crippen LogP contribution in [-0.2, 0) is 23.8 Å². The smallest absolute Gasteiger partial charge is 0.383 e. The number of alkyl halides is 3. The van der Waals surface area contributed by atoms with Crippen LogP contribution in [0, 0.1) is 6.92 Å². The first-order valence-corrected chi connectivity index (χ1v) is 10.5. The van der Waals surface area contributed by atoms with E-state index in [1.807, 2.05) is 12.1 Å². The molecule has 1 aromatic heterocycles. The van der Waals surface area contributed by atoms with Crippen molar-refractivity contribution < 1.29 is 22.5 Å². The molecule has 8 heteroatoms. The van der Waals surface area contributed by atoms with E-state index in [1.54, 1.807) is 0 Å². The van der Waals surface area contributed by atoms with Crippen LogP contribution < -0.4 is 10.6 Å². The second kappa shape index (κ2) is 10.3. The molecule has 0 aliphatic rings. The monoisotopic (exact) mass is 445 g/mol. The number of aromatic nitrogens is 1. The number of halogens is 3. The van der Waals surface area contributed by atoms with Crippen LogP contribution in [0.2, 0.25) is 0 Å². The zero-order valence-electron chi connectivity index (χ0n) is 18.1. The summed E-state index contributed by atoms with van der Waals surface area (Å²) in [5.74, 6) is 0.256. The van der Waals surface area contributed by atoms with E-state index in [9.17, 15) is 18.0 Å². The molecular weight excluding hydrogens is 419 g/mol. The largest absolute Gasteiger partial charge is 0.416 e. The van der Waals surface area contributed by atoms with Gasteiger partial charge < -0.3 is 15.2 Å². The zero-order chi connectivity index (χ0) is 23.1. The average molecular weight is 445 g/mol. The summed E-state index contributed by atoms with van der Waals surface area (Å²) in [6, 6.07) is 10.8. The highest BCUT2D eigenvalue weighted by atomic mass is 19.4. The predicted molar refractivity (Wildman–Crippen MR) is 117 cm³/mol. The van der Waals surface area contributed by atoms with Crippen molar-refractivity contribution in [2.75, 3.05) is 18.4 Å². The first kappa shape index (κ1) is 23.4. The van der Waals surface area contributed by atoms with Crippen LogP contribution in [-0.4, -0.2) is 24.2 Å². The van der Waals surface area contributed by atoms with Crippen molar-refractivity contribution in [1.29, 1.82) is 0 Å². The minimum absolute atomic E-state index is 0.119. The third-order valence-electron chi connectivity index (χ3n) is 5.27. The summed E-state index contributed by atoms with van der Waals surface area (Å²) in [5, 5.41) is 9.97. The zero-order valence-corrected chi connectivity index (χ0v) is 18.1. The van der Waals surface area contributed by atoms with Crippen molar-refractivity contribution >= 4 is 11.6 Å². The minimum Gasteiger partial charge on any atom is -0.383 e. The van der Waals surface area contributed by atoms with Gasteiger partial charge in [0.2, 0.25) is 5.91 Å². The SMILES string of the molecule is CCc1c(C)cccc1NCCNC(=O)CCc1cnoc1-c1ccc(C(F)(F)F)cc1. The lowest BCUT2D eigenvalue weighted by atomic mass is 10.0. The summed E-state index contributed by atoms with van der Waals surface area (Å²) in [7, 11) is 0. The van der Waals surface area contributed by atoms with Gasteiger partial charge in [0.1, 0.15) is 0 Å². The van der Waals surface area contributed by atoms with Crippen molar-refractivity contribution in [2.45, 2.75) is 39.3 Å². The second-order valence-electron chi connectivity index (χ2n) is 7.49. The van der Waals surface area contributed by atoms with E-state index in [-0.39, 0.29) is 12.3 Å². The molecule has 0 fully saturated rings. The van der Waals surface area contributed by atoms with E-state index >= 15 is 0 Å². The Bertz CT molecular complexity index is 1040.